The molecule has 1 saturated carbocycles. The number of carbonyl (C=O) groups is 1. The average molecular weight is 584 g/mol. The molecule has 3 atom stereocenters. The number of alkyl halides is 3. The van der Waals surface area contributed by atoms with Crippen LogP contribution in [0.5, 0.6) is 5.75 Å². The largest absolute Gasteiger partial charge is 0.489 e. The number of carbonyl (C=O) groups excluding carboxylic acids is 1. The van der Waals surface area contributed by atoms with Gasteiger partial charge in [0.15, 0.2) is 0 Å². The maximum atomic E-state index is 13.8. The highest BCUT2D eigenvalue weighted by atomic mass is 19.4. The number of benzene rings is 1. The molecule has 0 bridgehead atoms. The van der Waals surface area contributed by atoms with Crippen molar-refractivity contribution in [3.63, 3.8) is 0 Å². The van der Waals surface area contributed by atoms with Crippen LogP contribution in [0.3, 0.4) is 0 Å². The van der Waals surface area contributed by atoms with Gasteiger partial charge in [-0.2, -0.15) is 18.2 Å². The Morgan fingerprint density at radius 3 is 2.62 bits per heavy atom. The molecule has 224 valence electrons. The molecule has 1 saturated heterocycles. The van der Waals surface area contributed by atoms with Crippen molar-refractivity contribution in [2.24, 2.45) is 5.92 Å². The van der Waals surface area contributed by atoms with Crippen molar-refractivity contribution in [2.75, 3.05) is 23.7 Å². The zero-order valence-corrected chi connectivity index (χ0v) is 23.7. The molecule has 42 heavy (non-hydrogen) atoms. The first-order valence-corrected chi connectivity index (χ1v) is 14.3. The number of halogens is 3. The van der Waals surface area contributed by atoms with E-state index in [9.17, 15) is 18.0 Å². The number of pyridine rings is 1. The monoisotopic (exact) mass is 583 g/mol. The lowest BCUT2D eigenvalue weighted by molar-refractivity contribution is -0.137. The van der Waals surface area contributed by atoms with Crippen molar-refractivity contribution >= 4 is 23.4 Å². The maximum absolute atomic E-state index is 13.8. The van der Waals surface area contributed by atoms with E-state index in [0.29, 0.717) is 24.3 Å². The van der Waals surface area contributed by atoms with Gasteiger partial charge >= 0.3 is 6.18 Å². The van der Waals surface area contributed by atoms with Gasteiger partial charge in [-0.25, -0.2) is 4.98 Å². The highest BCUT2D eigenvalue weighted by molar-refractivity contribution is 5.80. The molecule has 2 aliphatic rings. The number of rotatable bonds is 10. The lowest BCUT2D eigenvalue weighted by Crippen LogP contribution is -2.41. The summed E-state index contributed by atoms with van der Waals surface area (Å²) in [5.41, 5.74) is 0.656. The summed E-state index contributed by atoms with van der Waals surface area (Å²) in [5, 5.41) is 8.77. The van der Waals surface area contributed by atoms with E-state index in [1.54, 1.807) is 18.3 Å². The van der Waals surface area contributed by atoms with Gasteiger partial charge < -0.3 is 20.7 Å². The van der Waals surface area contributed by atoms with Gasteiger partial charge in [-0.15, -0.1) is 0 Å². The maximum Gasteiger partial charge on any atom is 0.421 e. The number of likely N-dealkylation sites (tertiary alicyclic amines) is 1. The number of aromatic nitrogens is 3. The molecule has 3 heterocycles. The van der Waals surface area contributed by atoms with Gasteiger partial charge in [0, 0.05) is 49.8 Å². The molecular weight excluding hydrogens is 547 g/mol. The summed E-state index contributed by atoms with van der Waals surface area (Å²) in [6.07, 6.45) is 0.787. The first-order valence-electron chi connectivity index (χ1n) is 14.3. The van der Waals surface area contributed by atoms with Gasteiger partial charge in [0.05, 0.1) is 11.6 Å². The standard InChI is InChI=1S/C30H36F3N7O2/c1-19(2)36-28(41)24-7-5-8-26(24)38-27-25(30(31,32)33)16-35-29(39-27)37-20-9-11-22(12-10-20)42-23-13-15-40(18-23)17-21-6-3-4-14-34-21/h3-4,6,9-12,14,16,19,23-24,26H,5,7-8,13,15,17-18H2,1-2H3,(H,36,41)(H2,35,37,38,39)/t23-,24-,26+/m0/s1. The van der Waals surface area contributed by atoms with Crippen LogP contribution < -0.4 is 20.7 Å². The summed E-state index contributed by atoms with van der Waals surface area (Å²) in [7, 11) is 0. The van der Waals surface area contributed by atoms with E-state index in [1.807, 2.05) is 44.2 Å². The number of amides is 1. The van der Waals surface area contributed by atoms with Gasteiger partial charge in [-0.3, -0.25) is 14.7 Å². The van der Waals surface area contributed by atoms with E-state index < -0.39 is 23.7 Å². The molecule has 1 aliphatic heterocycles. The van der Waals surface area contributed by atoms with Crippen LogP contribution in [-0.2, 0) is 17.5 Å². The molecule has 0 radical (unpaired) electrons. The Balaban J connectivity index is 1.21. The number of hydrogen-bond donors (Lipinski definition) is 3. The molecule has 5 rings (SSSR count). The van der Waals surface area contributed by atoms with Crippen LogP contribution >= 0.6 is 0 Å². The summed E-state index contributed by atoms with van der Waals surface area (Å²) >= 11 is 0. The van der Waals surface area contributed by atoms with E-state index in [0.717, 1.165) is 44.4 Å². The van der Waals surface area contributed by atoms with Crippen molar-refractivity contribution in [1.82, 2.24) is 25.2 Å². The summed E-state index contributed by atoms with van der Waals surface area (Å²) in [5.74, 6) is -0.226. The minimum atomic E-state index is -4.65. The van der Waals surface area contributed by atoms with Crippen LogP contribution in [0.2, 0.25) is 0 Å². The third kappa shape index (κ3) is 7.67. The number of nitrogens with zero attached hydrogens (tertiary/aromatic N) is 4. The highest BCUT2D eigenvalue weighted by Gasteiger charge is 2.39. The molecule has 1 aromatic carbocycles. The quantitative estimate of drug-likeness (QED) is 0.292. The van der Waals surface area contributed by atoms with E-state index in [1.165, 1.54) is 0 Å². The summed E-state index contributed by atoms with van der Waals surface area (Å²) in [4.78, 5) is 27.4. The predicted molar refractivity (Wildman–Crippen MR) is 153 cm³/mol. The Bertz CT molecular complexity index is 1340. The molecule has 2 fully saturated rings. The number of hydrogen-bond acceptors (Lipinski definition) is 8. The Kier molecular flexibility index (Phi) is 9.10. The molecular formula is C30H36F3N7O2. The molecule has 0 unspecified atom stereocenters. The van der Waals surface area contributed by atoms with Crippen LogP contribution in [0.1, 0.15) is 50.8 Å². The zero-order chi connectivity index (χ0) is 29.7. The normalized spacial score (nSPS) is 21.0. The van der Waals surface area contributed by atoms with Crippen LogP contribution in [0.15, 0.2) is 54.9 Å². The molecule has 1 aliphatic carbocycles. The fourth-order valence-corrected chi connectivity index (χ4v) is 5.47. The van der Waals surface area contributed by atoms with Gasteiger partial charge in [0.25, 0.3) is 0 Å². The van der Waals surface area contributed by atoms with E-state index in [4.69, 9.17) is 4.74 Å². The number of ether oxygens (including phenoxy) is 1. The van der Waals surface area contributed by atoms with Gasteiger partial charge in [0.1, 0.15) is 23.2 Å². The van der Waals surface area contributed by atoms with Crippen molar-refractivity contribution in [3.05, 3.63) is 66.1 Å². The van der Waals surface area contributed by atoms with Gasteiger partial charge in [-0.1, -0.05) is 12.5 Å². The van der Waals surface area contributed by atoms with Crippen molar-refractivity contribution in [3.8, 4) is 5.75 Å². The van der Waals surface area contributed by atoms with Crippen molar-refractivity contribution < 1.29 is 22.7 Å². The molecule has 1 amide bonds. The second-order valence-corrected chi connectivity index (χ2v) is 11.1. The number of anilines is 3. The van der Waals surface area contributed by atoms with Crippen LogP contribution in [0, 0.1) is 5.92 Å². The lowest BCUT2D eigenvalue weighted by Gasteiger charge is -2.24. The third-order valence-corrected chi connectivity index (χ3v) is 7.45. The highest BCUT2D eigenvalue weighted by Crippen LogP contribution is 2.37. The molecule has 0 spiro atoms. The minimum absolute atomic E-state index is 0.0151. The third-order valence-electron chi connectivity index (χ3n) is 7.45. The van der Waals surface area contributed by atoms with Gasteiger partial charge in [0.2, 0.25) is 11.9 Å². The number of nitrogens with one attached hydrogen (secondary N) is 3. The smallest absolute Gasteiger partial charge is 0.421 e. The summed E-state index contributed by atoms with van der Waals surface area (Å²) in [6, 6.07) is 12.5. The van der Waals surface area contributed by atoms with E-state index in [-0.39, 0.29) is 29.8 Å². The second-order valence-electron chi connectivity index (χ2n) is 11.1. The first kappa shape index (κ1) is 29.6. The molecule has 9 nitrogen and oxygen atoms in total. The van der Waals surface area contributed by atoms with Crippen LogP contribution in [0.25, 0.3) is 0 Å². The molecule has 3 aromatic rings. The predicted octanol–water partition coefficient (Wildman–Crippen LogP) is 5.39. The second kappa shape index (κ2) is 12.9. The van der Waals surface area contributed by atoms with Crippen molar-refractivity contribution in [1.29, 1.82) is 0 Å². The Labute approximate surface area is 243 Å². The Morgan fingerprint density at radius 1 is 1.10 bits per heavy atom. The Hall–Kier alpha value is -3.93. The first-order chi connectivity index (χ1) is 20.1. The van der Waals surface area contributed by atoms with Crippen LogP contribution in [0.4, 0.5) is 30.6 Å². The fourth-order valence-electron chi connectivity index (χ4n) is 5.47. The minimum Gasteiger partial charge on any atom is -0.489 e. The Morgan fingerprint density at radius 2 is 1.90 bits per heavy atom. The summed E-state index contributed by atoms with van der Waals surface area (Å²) in [6.45, 7) is 6.20. The SMILES string of the molecule is CC(C)NC(=O)[C@H]1CCC[C@H]1Nc1nc(Nc2ccc(O[C@H]3CCN(Cc4ccccn4)C3)cc2)ncc1C(F)(F)F. The average Bonchev–Trinajstić information content (AvgIpc) is 3.59. The molecule has 3 N–H and O–H groups in total. The van der Waals surface area contributed by atoms with Crippen molar-refractivity contribution in [2.45, 2.75) is 70.4 Å². The fraction of sp³-hybridized carbons (Fsp3) is 0.467. The molecule has 12 heteroatoms. The lowest BCUT2D eigenvalue weighted by atomic mass is 10.0. The van der Waals surface area contributed by atoms with Gasteiger partial charge in [-0.05, 0) is 69.5 Å². The topological polar surface area (TPSA) is 104 Å². The molecule has 2 aromatic heterocycles. The van der Waals surface area contributed by atoms with E-state index in [2.05, 4.69) is 35.8 Å². The van der Waals surface area contributed by atoms with E-state index >= 15 is 0 Å². The van der Waals surface area contributed by atoms with Crippen LogP contribution in [-0.4, -0.2) is 57.0 Å². The summed E-state index contributed by atoms with van der Waals surface area (Å²) < 4.78 is 47.6. The zero-order valence-electron chi connectivity index (χ0n) is 23.7.